The maximum absolute atomic E-state index is 3.64. The Balaban J connectivity index is 0. The third kappa shape index (κ3) is 8.87. The smallest absolute Gasteiger partial charge is 0 e. The second-order valence-electron chi connectivity index (χ2n) is 1.21. The molecule has 1 radical (unpaired) electrons. The average Bonchev–Trinajstić information content (AvgIpc) is 1.38. The summed E-state index contributed by atoms with van der Waals surface area (Å²) in [6.45, 7) is 9.13. The summed E-state index contributed by atoms with van der Waals surface area (Å²) in [5.74, 6) is 0.398. The molecule has 0 aliphatic carbocycles. The third-order valence-corrected chi connectivity index (χ3v) is 0.402. The molecule has 1 heteroatoms. The van der Waals surface area contributed by atoms with Crippen LogP contribution in [0.1, 0.15) is 6.92 Å². The molecule has 0 aromatic rings. The van der Waals surface area contributed by atoms with Crippen molar-refractivity contribution in [2.75, 3.05) is 0 Å². The van der Waals surface area contributed by atoms with Crippen LogP contribution in [0.2, 0.25) is 0 Å². The van der Waals surface area contributed by atoms with Gasteiger partial charge in [-0.05, 0) is 0 Å². The van der Waals surface area contributed by atoms with Crippen LogP contribution in [-0.2, 0) is 16.8 Å². The monoisotopic (exact) mass is 128 g/mol. The fourth-order valence-electron chi connectivity index (χ4n) is 0. The van der Waals surface area contributed by atoms with Gasteiger partial charge in [-0.15, -0.1) is 12.7 Å². The first-order valence-corrected chi connectivity index (χ1v) is 1.73. The number of rotatable bonds is 1. The average molecular weight is 128 g/mol. The van der Waals surface area contributed by atoms with Crippen molar-refractivity contribution in [3.63, 3.8) is 0 Å². The van der Waals surface area contributed by atoms with E-state index in [0.29, 0.717) is 5.92 Å². The Kier molecular flexibility index (Phi) is 8.34. The summed E-state index contributed by atoms with van der Waals surface area (Å²) < 4.78 is 0. The summed E-state index contributed by atoms with van der Waals surface area (Å²) in [5, 5.41) is 0. The normalized spacial score (nSPS) is 11.7. The van der Waals surface area contributed by atoms with Crippen molar-refractivity contribution >= 4 is 0 Å². The molecule has 0 aromatic heterocycles. The van der Waals surface area contributed by atoms with Gasteiger partial charge in [0.15, 0.2) is 0 Å². The van der Waals surface area contributed by atoms with Crippen LogP contribution >= 0.6 is 0 Å². The van der Waals surface area contributed by atoms with E-state index >= 15 is 0 Å². The molecule has 0 bridgehead atoms. The first-order chi connectivity index (χ1) is 2.27. The van der Waals surface area contributed by atoms with Gasteiger partial charge < -0.3 is 6.92 Å². The van der Waals surface area contributed by atoms with E-state index in [1.54, 1.807) is 6.08 Å². The molecule has 0 N–H and O–H groups in total. The van der Waals surface area contributed by atoms with E-state index in [1.165, 1.54) is 0 Å². The molecule has 0 amide bonds. The number of hydrogen-bond donors (Lipinski definition) is 0. The van der Waals surface area contributed by atoms with Gasteiger partial charge >= 0.3 is 0 Å². The first kappa shape index (κ1) is 9.53. The topological polar surface area (TPSA) is 0 Å². The SMILES string of the molecule is C=C[C@H]([CH2-])C.[Co]. The van der Waals surface area contributed by atoms with E-state index in [-0.39, 0.29) is 16.8 Å². The molecule has 0 saturated carbocycles. The van der Waals surface area contributed by atoms with Crippen molar-refractivity contribution in [2.24, 2.45) is 5.92 Å². The van der Waals surface area contributed by atoms with Crippen LogP contribution in [0.5, 0.6) is 0 Å². The Labute approximate surface area is 49.8 Å². The fourth-order valence-corrected chi connectivity index (χ4v) is 0. The molecule has 0 spiro atoms. The minimum Gasteiger partial charge on any atom is -0.337 e. The molecule has 0 fully saturated rings. The molecule has 0 saturated heterocycles. The van der Waals surface area contributed by atoms with Crippen LogP contribution in [0.4, 0.5) is 0 Å². The summed E-state index contributed by atoms with van der Waals surface area (Å²) >= 11 is 0. The molecule has 0 rings (SSSR count). The zero-order valence-electron chi connectivity index (χ0n) is 3.90. The van der Waals surface area contributed by atoms with Crippen molar-refractivity contribution in [3.05, 3.63) is 19.6 Å². The van der Waals surface area contributed by atoms with Gasteiger partial charge in [0.25, 0.3) is 0 Å². The van der Waals surface area contributed by atoms with Crippen LogP contribution in [-0.4, -0.2) is 0 Å². The molecule has 0 nitrogen and oxygen atoms in total. The molecular weight excluding hydrogens is 119 g/mol. The van der Waals surface area contributed by atoms with Crippen molar-refractivity contribution < 1.29 is 16.8 Å². The van der Waals surface area contributed by atoms with E-state index in [1.807, 2.05) is 6.92 Å². The largest absolute Gasteiger partial charge is 0.337 e. The maximum Gasteiger partial charge on any atom is 0 e. The molecule has 0 heterocycles. The van der Waals surface area contributed by atoms with Gasteiger partial charge in [-0.3, -0.25) is 0 Å². The zero-order valence-corrected chi connectivity index (χ0v) is 4.94. The van der Waals surface area contributed by atoms with Gasteiger partial charge in [0.2, 0.25) is 0 Å². The summed E-state index contributed by atoms with van der Waals surface area (Å²) in [6, 6.07) is 0. The van der Waals surface area contributed by atoms with Crippen LogP contribution in [0.15, 0.2) is 12.7 Å². The summed E-state index contributed by atoms with van der Waals surface area (Å²) in [7, 11) is 0. The molecular formula is C5H9Co-. The molecule has 1 atom stereocenters. The Hall–Kier alpha value is 0.246. The van der Waals surface area contributed by atoms with Crippen molar-refractivity contribution in [2.45, 2.75) is 6.92 Å². The Morgan fingerprint density at radius 1 is 1.83 bits per heavy atom. The quantitative estimate of drug-likeness (QED) is 0.372. The Morgan fingerprint density at radius 2 is 2.00 bits per heavy atom. The summed E-state index contributed by atoms with van der Waals surface area (Å²) in [4.78, 5) is 0. The van der Waals surface area contributed by atoms with Crippen molar-refractivity contribution in [3.8, 4) is 0 Å². The van der Waals surface area contributed by atoms with Gasteiger partial charge in [0.05, 0.1) is 0 Å². The first-order valence-electron chi connectivity index (χ1n) is 1.73. The van der Waals surface area contributed by atoms with E-state index in [4.69, 9.17) is 0 Å². The Bertz CT molecular complexity index is 30.9. The van der Waals surface area contributed by atoms with Crippen LogP contribution in [0.3, 0.4) is 0 Å². The molecule has 0 aromatic carbocycles. The van der Waals surface area contributed by atoms with E-state index in [2.05, 4.69) is 13.5 Å². The molecule has 0 unspecified atom stereocenters. The van der Waals surface area contributed by atoms with Crippen LogP contribution < -0.4 is 0 Å². The molecule has 0 aliphatic heterocycles. The minimum absolute atomic E-state index is 0. The standard InChI is InChI=1S/C5H9.Co/c1-4-5(2)3;/h4-5H,1-2H2,3H3;/q-1;/t5-;/m1./s1. The fraction of sp³-hybridized carbons (Fsp3) is 0.400. The maximum atomic E-state index is 3.64. The van der Waals surface area contributed by atoms with Gasteiger partial charge in [0, 0.05) is 16.8 Å². The van der Waals surface area contributed by atoms with Gasteiger partial charge in [-0.1, -0.05) is 6.92 Å². The number of allylic oxidation sites excluding steroid dienone is 1. The minimum atomic E-state index is 0. The van der Waals surface area contributed by atoms with E-state index < -0.39 is 0 Å². The van der Waals surface area contributed by atoms with Crippen molar-refractivity contribution in [1.82, 2.24) is 0 Å². The zero-order chi connectivity index (χ0) is 4.28. The summed E-state index contributed by atoms with van der Waals surface area (Å²) in [5.41, 5.74) is 0. The predicted octanol–water partition coefficient (Wildman–Crippen LogP) is 1.64. The van der Waals surface area contributed by atoms with E-state index in [9.17, 15) is 0 Å². The van der Waals surface area contributed by atoms with Gasteiger partial charge in [-0.25, -0.2) is 0 Å². The Morgan fingerprint density at radius 3 is 2.00 bits per heavy atom. The van der Waals surface area contributed by atoms with Gasteiger partial charge in [0.1, 0.15) is 0 Å². The second kappa shape index (κ2) is 5.25. The third-order valence-electron chi connectivity index (χ3n) is 0.402. The molecule has 6 heavy (non-hydrogen) atoms. The number of hydrogen-bond acceptors (Lipinski definition) is 0. The summed E-state index contributed by atoms with van der Waals surface area (Å²) in [6.07, 6.45) is 1.81. The van der Waals surface area contributed by atoms with Crippen molar-refractivity contribution in [1.29, 1.82) is 0 Å². The predicted molar refractivity (Wildman–Crippen MR) is 24.7 cm³/mol. The second-order valence-corrected chi connectivity index (χ2v) is 1.21. The van der Waals surface area contributed by atoms with E-state index in [0.717, 1.165) is 0 Å². The molecule has 39 valence electrons. The van der Waals surface area contributed by atoms with Crippen LogP contribution in [0, 0.1) is 12.8 Å². The molecule has 0 aliphatic rings. The van der Waals surface area contributed by atoms with Gasteiger partial charge in [-0.2, -0.15) is 5.92 Å². The van der Waals surface area contributed by atoms with Crippen LogP contribution in [0.25, 0.3) is 0 Å².